The van der Waals surface area contributed by atoms with Crippen LogP contribution in [0.5, 0.6) is 0 Å². The number of rotatable bonds is 4. The summed E-state index contributed by atoms with van der Waals surface area (Å²) in [6, 6.07) is 5.83. The molecule has 2 rings (SSSR count). The van der Waals surface area contributed by atoms with E-state index in [0.29, 0.717) is 0 Å². The SMILES string of the molecule is CCCCN(C)/C=C1/C(=O)Nc2ccc(Br)cc21. The van der Waals surface area contributed by atoms with Gasteiger partial charge in [-0.15, -0.1) is 0 Å². The Labute approximate surface area is 116 Å². The van der Waals surface area contributed by atoms with E-state index in [1.807, 2.05) is 31.4 Å². The number of nitrogens with one attached hydrogen (secondary N) is 1. The fourth-order valence-electron chi connectivity index (χ4n) is 1.98. The number of amides is 1. The Hall–Kier alpha value is -1.29. The van der Waals surface area contributed by atoms with Gasteiger partial charge in [-0.2, -0.15) is 0 Å². The van der Waals surface area contributed by atoms with Gasteiger partial charge < -0.3 is 10.2 Å². The lowest BCUT2D eigenvalue weighted by Crippen LogP contribution is -2.14. The molecule has 1 heterocycles. The van der Waals surface area contributed by atoms with Gasteiger partial charge in [0.1, 0.15) is 0 Å². The van der Waals surface area contributed by atoms with Crippen molar-refractivity contribution in [2.24, 2.45) is 0 Å². The second kappa shape index (κ2) is 5.57. The molecular weight excluding hydrogens is 292 g/mol. The Morgan fingerprint density at radius 1 is 1.44 bits per heavy atom. The van der Waals surface area contributed by atoms with Crippen molar-refractivity contribution in [2.75, 3.05) is 18.9 Å². The third kappa shape index (κ3) is 2.75. The van der Waals surface area contributed by atoms with Crippen LogP contribution >= 0.6 is 15.9 Å². The van der Waals surface area contributed by atoms with E-state index >= 15 is 0 Å². The minimum Gasteiger partial charge on any atom is -0.380 e. The Morgan fingerprint density at radius 2 is 2.22 bits per heavy atom. The maximum absolute atomic E-state index is 11.9. The first kappa shape index (κ1) is 13.1. The molecule has 1 aliphatic heterocycles. The molecule has 0 saturated heterocycles. The number of nitrogens with zero attached hydrogens (tertiary/aromatic N) is 1. The summed E-state index contributed by atoms with van der Waals surface area (Å²) >= 11 is 3.44. The van der Waals surface area contributed by atoms with Gasteiger partial charge in [0.25, 0.3) is 5.91 Å². The number of hydrogen-bond donors (Lipinski definition) is 1. The maximum atomic E-state index is 11.9. The fraction of sp³-hybridized carbons (Fsp3) is 0.357. The molecule has 0 bridgehead atoms. The Kier molecular flexibility index (Phi) is 4.07. The molecule has 1 amide bonds. The molecule has 0 spiro atoms. The van der Waals surface area contributed by atoms with Crippen molar-refractivity contribution < 1.29 is 4.79 Å². The highest BCUT2D eigenvalue weighted by Gasteiger charge is 2.24. The van der Waals surface area contributed by atoms with Gasteiger partial charge in [-0.3, -0.25) is 4.79 Å². The molecule has 0 radical (unpaired) electrons. The Morgan fingerprint density at radius 3 is 2.94 bits per heavy atom. The van der Waals surface area contributed by atoms with Crippen molar-refractivity contribution in [1.29, 1.82) is 0 Å². The fourth-order valence-corrected chi connectivity index (χ4v) is 2.34. The number of unbranched alkanes of at least 4 members (excludes halogenated alkanes) is 1. The summed E-state index contributed by atoms with van der Waals surface area (Å²) in [5.74, 6) is -0.0218. The normalized spacial score (nSPS) is 15.7. The Bertz CT molecular complexity index is 497. The predicted octanol–water partition coefficient (Wildman–Crippen LogP) is 3.47. The third-order valence-corrected chi connectivity index (χ3v) is 3.47. The summed E-state index contributed by atoms with van der Waals surface area (Å²) in [4.78, 5) is 14.0. The summed E-state index contributed by atoms with van der Waals surface area (Å²) in [6.07, 6.45) is 4.22. The van der Waals surface area contributed by atoms with Crippen LogP contribution in [0, 0.1) is 0 Å². The molecule has 0 unspecified atom stereocenters. The average molecular weight is 309 g/mol. The number of carbonyl (C=O) groups excluding carboxylic acids is 1. The van der Waals surface area contributed by atoms with Crippen LogP contribution in [0.15, 0.2) is 28.9 Å². The summed E-state index contributed by atoms with van der Waals surface area (Å²) in [5.41, 5.74) is 2.60. The molecule has 1 aromatic rings. The number of carbonyl (C=O) groups is 1. The minimum atomic E-state index is -0.0218. The van der Waals surface area contributed by atoms with E-state index in [0.717, 1.165) is 40.7 Å². The van der Waals surface area contributed by atoms with Gasteiger partial charge in [0.05, 0.1) is 5.57 Å². The monoisotopic (exact) mass is 308 g/mol. The topological polar surface area (TPSA) is 32.3 Å². The number of anilines is 1. The largest absolute Gasteiger partial charge is 0.380 e. The van der Waals surface area contributed by atoms with Crippen molar-refractivity contribution in [2.45, 2.75) is 19.8 Å². The Balaban J connectivity index is 2.26. The second-order valence-electron chi connectivity index (χ2n) is 4.52. The van der Waals surface area contributed by atoms with E-state index in [-0.39, 0.29) is 5.91 Å². The second-order valence-corrected chi connectivity index (χ2v) is 5.44. The van der Waals surface area contributed by atoms with E-state index in [9.17, 15) is 4.79 Å². The van der Waals surface area contributed by atoms with E-state index in [4.69, 9.17) is 0 Å². The quantitative estimate of drug-likeness (QED) is 0.864. The van der Waals surface area contributed by atoms with E-state index < -0.39 is 0 Å². The third-order valence-electron chi connectivity index (χ3n) is 2.98. The van der Waals surface area contributed by atoms with Crippen molar-refractivity contribution in [3.8, 4) is 0 Å². The van der Waals surface area contributed by atoms with Crippen LogP contribution < -0.4 is 5.32 Å². The zero-order chi connectivity index (χ0) is 13.1. The van der Waals surface area contributed by atoms with E-state index in [2.05, 4.69) is 33.1 Å². The number of fused-ring (bicyclic) bond motifs is 1. The zero-order valence-electron chi connectivity index (χ0n) is 10.7. The first-order chi connectivity index (χ1) is 8.61. The van der Waals surface area contributed by atoms with Crippen LogP contribution in [0.3, 0.4) is 0 Å². The minimum absolute atomic E-state index is 0.0218. The molecule has 3 nitrogen and oxygen atoms in total. The van der Waals surface area contributed by atoms with Crippen molar-refractivity contribution in [3.63, 3.8) is 0 Å². The molecule has 18 heavy (non-hydrogen) atoms. The van der Waals surface area contributed by atoms with Crippen LogP contribution in [0.25, 0.3) is 5.57 Å². The van der Waals surface area contributed by atoms with Crippen molar-refractivity contribution >= 4 is 33.1 Å². The molecule has 0 aromatic heterocycles. The highest BCUT2D eigenvalue weighted by Crippen LogP contribution is 2.33. The number of benzene rings is 1. The smallest absolute Gasteiger partial charge is 0.257 e. The van der Waals surface area contributed by atoms with E-state index in [1.54, 1.807) is 0 Å². The highest BCUT2D eigenvalue weighted by molar-refractivity contribution is 9.10. The lowest BCUT2D eigenvalue weighted by Gasteiger charge is -2.14. The molecule has 1 aliphatic rings. The molecule has 0 atom stereocenters. The molecule has 0 fully saturated rings. The van der Waals surface area contributed by atoms with Gasteiger partial charge in [-0.25, -0.2) is 0 Å². The average Bonchev–Trinajstić information content (AvgIpc) is 2.63. The maximum Gasteiger partial charge on any atom is 0.257 e. The zero-order valence-corrected chi connectivity index (χ0v) is 12.3. The van der Waals surface area contributed by atoms with Gasteiger partial charge in [-0.1, -0.05) is 29.3 Å². The van der Waals surface area contributed by atoms with Crippen molar-refractivity contribution in [1.82, 2.24) is 4.90 Å². The number of halogens is 1. The molecule has 1 N–H and O–H groups in total. The summed E-state index contributed by atoms with van der Waals surface area (Å²) in [6.45, 7) is 3.13. The molecule has 4 heteroatoms. The van der Waals surface area contributed by atoms with Crippen LogP contribution in [0.4, 0.5) is 5.69 Å². The lowest BCUT2D eigenvalue weighted by molar-refractivity contribution is -0.110. The summed E-state index contributed by atoms with van der Waals surface area (Å²) < 4.78 is 0.986. The van der Waals surface area contributed by atoms with Gasteiger partial charge in [0, 0.05) is 35.5 Å². The van der Waals surface area contributed by atoms with Gasteiger partial charge in [0.2, 0.25) is 0 Å². The van der Waals surface area contributed by atoms with E-state index in [1.165, 1.54) is 0 Å². The first-order valence-corrected chi connectivity index (χ1v) is 6.94. The number of hydrogen-bond acceptors (Lipinski definition) is 2. The molecule has 0 saturated carbocycles. The van der Waals surface area contributed by atoms with Gasteiger partial charge in [0.15, 0.2) is 0 Å². The van der Waals surface area contributed by atoms with Crippen LogP contribution in [-0.4, -0.2) is 24.4 Å². The van der Waals surface area contributed by atoms with Crippen LogP contribution in [-0.2, 0) is 4.79 Å². The molecule has 0 aliphatic carbocycles. The first-order valence-electron chi connectivity index (χ1n) is 6.15. The molecule has 1 aromatic carbocycles. The molecular formula is C14H17BrN2O. The van der Waals surface area contributed by atoms with Crippen LogP contribution in [0.1, 0.15) is 25.3 Å². The highest BCUT2D eigenvalue weighted by atomic mass is 79.9. The molecule has 96 valence electrons. The van der Waals surface area contributed by atoms with Crippen molar-refractivity contribution in [3.05, 3.63) is 34.4 Å². The summed E-state index contributed by atoms with van der Waals surface area (Å²) in [7, 11) is 2.01. The van der Waals surface area contributed by atoms with Gasteiger partial charge >= 0.3 is 0 Å². The summed E-state index contributed by atoms with van der Waals surface area (Å²) in [5, 5.41) is 2.88. The lowest BCUT2D eigenvalue weighted by atomic mass is 10.1. The standard InChI is InChI=1S/C14H17BrN2O/c1-3-4-7-17(2)9-12-11-8-10(15)5-6-13(11)16-14(12)18/h5-6,8-9H,3-4,7H2,1-2H3,(H,16,18)/b12-9+. The predicted molar refractivity (Wildman–Crippen MR) is 78.3 cm³/mol. The van der Waals surface area contributed by atoms with Gasteiger partial charge in [-0.05, 0) is 24.6 Å². The van der Waals surface area contributed by atoms with Crippen LogP contribution in [0.2, 0.25) is 0 Å².